The van der Waals surface area contributed by atoms with E-state index in [0.717, 1.165) is 6.54 Å². The second-order valence-corrected chi connectivity index (χ2v) is 5.15. The van der Waals surface area contributed by atoms with Crippen LogP contribution < -0.4 is 0 Å². The molecule has 0 unspecified atom stereocenters. The summed E-state index contributed by atoms with van der Waals surface area (Å²) < 4.78 is 0. The van der Waals surface area contributed by atoms with Crippen LogP contribution in [0.1, 0.15) is 47.0 Å². The fraction of sp³-hybridized carbons (Fsp3) is 0.917. The topological polar surface area (TPSA) is 15.6 Å². The van der Waals surface area contributed by atoms with Crippen LogP contribution in [0.2, 0.25) is 0 Å². The van der Waals surface area contributed by atoms with Crippen LogP contribution in [0.15, 0.2) is 4.99 Å². The summed E-state index contributed by atoms with van der Waals surface area (Å²) in [6, 6.07) is 0. The molecule has 0 aromatic heterocycles. The maximum Gasteiger partial charge on any atom is 0.104 e. The van der Waals surface area contributed by atoms with Gasteiger partial charge in [0.2, 0.25) is 0 Å². The zero-order valence-corrected chi connectivity index (χ0v) is 10.1. The lowest BCUT2D eigenvalue weighted by Crippen LogP contribution is -2.43. The Labute approximate surface area is 88.4 Å². The number of rotatable bonds is 3. The lowest BCUT2D eigenvalue weighted by atomic mass is 9.92. The Morgan fingerprint density at radius 2 is 2.07 bits per heavy atom. The van der Waals surface area contributed by atoms with E-state index in [1.54, 1.807) is 0 Å². The van der Waals surface area contributed by atoms with Crippen molar-refractivity contribution in [1.82, 2.24) is 4.90 Å². The van der Waals surface area contributed by atoms with E-state index in [0.29, 0.717) is 0 Å². The first-order valence-electron chi connectivity index (χ1n) is 5.85. The maximum atomic E-state index is 4.68. The third-order valence-corrected chi connectivity index (χ3v) is 2.60. The molecule has 0 bridgehead atoms. The number of nitrogens with zero attached hydrogens (tertiary/aromatic N) is 2. The average molecular weight is 196 g/mol. The van der Waals surface area contributed by atoms with Crippen molar-refractivity contribution in [3.05, 3.63) is 0 Å². The van der Waals surface area contributed by atoms with Gasteiger partial charge in [0.1, 0.15) is 5.84 Å². The van der Waals surface area contributed by atoms with E-state index in [4.69, 9.17) is 0 Å². The Bertz CT molecular complexity index is 201. The van der Waals surface area contributed by atoms with Crippen molar-refractivity contribution in [3.8, 4) is 0 Å². The van der Waals surface area contributed by atoms with Crippen LogP contribution in [-0.2, 0) is 0 Å². The van der Waals surface area contributed by atoms with Crippen LogP contribution in [0.25, 0.3) is 0 Å². The average Bonchev–Trinajstić information content (AvgIpc) is 2.14. The first kappa shape index (κ1) is 11.5. The van der Waals surface area contributed by atoms with Gasteiger partial charge in [-0.1, -0.05) is 34.1 Å². The second kappa shape index (κ2) is 4.81. The van der Waals surface area contributed by atoms with Gasteiger partial charge in [0.15, 0.2) is 0 Å². The van der Waals surface area contributed by atoms with Gasteiger partial charge in [-0.25, -0.2) is 0 Å². The lowest BCUT2D eigenvalue weighted by molar-refractivity contribution is 0.341. The standard InChI is InChI=1S/C12H24N2/c1-5-6-9-14-10-7-8-13-11(14)12(2,3)4/h5-10H2,1-4H3. The molecule has 1 aliphatic rings. The van der Waals surface area contributed by atoms with Gasteiger partial charge in [-0.2, -0.15) is 0 Å². The quantitative estimate of drug-likeness (QED) is 0.677. The molecule has 0 aromatic rings. The third-order valence-electron chi connectivity index (χ3n) is 2.60. The van der Waals surface area contributed by atoms with E-state index < -0.39 is 0 Å². The second-order valence-electron chi connectivity index (χ2n) is 5.15. The van der Waals surface area contributed by atoms with Crippen molar-refractivity contribution >= 4 is 5.84 Å². The van der Waals surface area contributed by atoms with Crippen molar-refractivity contribution in [1.29, 1.82) is 0 Å². The predicted molar refractivity (Wildman–Crippen MR) is 62.9 cm³/mol. The first-order chi connectivity index (χ1) is 6.55. The molecule has 0 aromatic carbocycles. The van der Waals surface area contributed by atoms with Gasteiger partial charge in [-0.15, -0.1) is 0 Å². The number of unbranched alkanes of at least 4 members (excludes halogenated alkanes) is 1. The SMILES string of the molecule is CCCCN1CCCN=C1C(C)(C)C. The molecule has 0 aliphatic carbocycles. The Kier molecular flexibility index (Phi) is 3.97. The largest absolute Gasteiger partial charge is 0.360 e. The highest BCUT2D eigenvalue weighted by molar-refractivity contribution is 5.87. The smallest absolute Gasteiger partial charge is 0.104 e. The van der Waals surface area contributed by atoms with Crippen LogP contribution in [0, 0.1) is 5.41 Å². The summed E-state index contributed by atoms with van der Waals surface area (Å²) in [5.74, 6) is 1.32. The van der Waals surface area contributed by atoms with Gasteiger partial charge in [0.05, 0.1) is 0 Å². The molecule has 0 saturated carbocycles. The van der Waals surface area contributed by atoms with Crippen LogP contribution in [0.4, 0.5) is 0 Å². The van der Waals surface area contributed by atoms with Gasteiger partial charge in [0.25, 0.3) is 0 Å². The van der Waals surface area contributed by atoms with Gasteiger partial charge in [-0.05, 0) is 12.8 Å². The number of amidine groups is 1. The molecule has 2 heteroatoms. The molecular formula is C12H24N2. The molecule has 0 spiro atoms. The predicted octanol–water partition coefficient (Wildman–Crippen LogP) is 2.94. The van der Waals surface area contributed by atoms with Crippen molar-refractivity contribution in [2.75, 3.05) is 19.6 Å². The van der Waals surface area contributed by atoms with Crippen LogP contribution in [0.5, 0.6) is 0 Å². The Hall–Kier alpha value is -0.530. The monoisotopic (exact) mass is 196 g/mol. The normalized spacial score (nSPS) is 18.3. The molecular weight excluding hydrogens is 172 g/mol. The van der Waals surface area contributed by atoms with E-state index in [9.17, 15) is 0 Å². The Morgan fingerprint density at radius 1 is 1.36 bits per heavy atom. The van der Waals surface area contributed by atoms with Crippen LogP contribution >= 0.6 is 0 Å². The lowest BCUT2D eigenvalue weighted by Gasteiger charge is -2.36. The van der Waals surface area contributed by atoms with Crippen molar-refractivity contribution < 1.29 is 0 Å². The summed E-state index contributed by atoms with van der Waals surface area (Å²) in [5, 5.41) is 0. The minimum atomic E-state index is 0.216. The maximum absolute atomic E-state index is 4.68. The molecule has 82 valence electrons. The van der Waals surface area contributed by atoms with Gasteiger partial charge in [0, 0.05) is 25.0 Å². The summed E-state index contributed by atoms with van der Waals surface area (Å²) in [4.78, 5) is 7.16. The molecule has 1 aliphatic heterocycles. The summed E-state index contributed by atoms with van der Waals surface area (Å²) >= 11 is 0. The minimum absolute atomic E-state index is 0.216. The van der Waals surface area contributed by atoms with Gasteiger partial charge in [-0.3, -0.25) is 4.99 Å². The highest BCUT2D eigenvalue weighted by Crippen LogP contribution is 2.22. The Balaban J connectivity index is 2.63. The summed E-state index contributed by atoms with van der Waals surface area (Å²) in [6.07, 6.45) is 3.78. The van der Waals surface area contributed by atoms with Crippen molar-refractivity contribution in [2.45, 2.75) is 47.0 Å². The van der Waals surface area contributed by atoms with Gasteiger partial charge >= 0.3 is 0 Å². The van der Waals surface area contributed by atoms with Crippen LogP contribution in [0.3, 0.4) is 0 Å². The number of hydrogen-bond acceptors (Lipinski definition) is 2. The fourth-order valence-corrected chi connectivity index (χ4v) is 1.93. The summed E-state index contributed by atoms with van der Waals surface area (Å²) in [5.41, 5.74) is 0.216. The van der Waals surface area contributed by atoms with E-state index in [1.807, 2.05) is 0 Å². The molecule has 1 rings (SSSR count). The zero-order valence-electron chi connectivity index (χ0n) is 10.1. The molecule has 14 heavy (non-hydrogen) atoms. The molecule has 0 saturated heterocycles. The molecule has 2 nitrogen and oxygen atoms in total. The molecule has 1 heterocycles. The third kappa shape index (κ3) is 3.00. The molecule has 0 fully saturated rings. The fourth-order valence-electron chi connectivity index (χ4n) is 1.93. The van der Waals surface area contributed by atoms with Crippen LogP contribution in [-0.4, -0.2) is 30.4 Å². The Morgan fingerprint density at radius 3 is 2.64 bits per heavy atom. The number of aliphatic imine (C=N–C) groups is 1. The molecule has 0 atom stereocenters. The van der Waals surface area contributed by atoms with E-state index in [1.165, 1.54) is 38.2 Å². The van der Waals surface area contributed by atoms with Crippen molar-refractivity contribution in [2.24, 2.45) is 10.4 Å². The minimum Gasteiger partial charge on any atom is -0.360 e. The highest BCUT2D eigenvalue weighted by atomic mass is 15.2. The van der Waals surface area contributed by atoms with E-state index in [-0.39, 0.29) is 5.41 Å². The first-order valence-corrected chi connectivity index (χ1v) is 5.85. The summed E-state index contributed by atoms with van der Waals surface area (Å²) in [6.45, 7) is 12.4. The molecule has 0 N–H and O–H groups in total. The summed E-state index contributed by atoms with van der Waals surface area (Å²) in [7, 11) is 0. The van der Waals surface area contributed by atoms with E-state index >= 15 is 0 Å². The molecule has 0 amide bonds. The van der Waals surface area contributed by atoms with Gasteiger partial charge < -0.3 is 4.90 Å². The number of hydrogen-bond donors (Lipinski definition) is 0. The van der Waals surface area contributed by atoms with E-state index in [2.05, 4.69) is 37.6 Å². The molecule has 0 radical (unpaired) electrons. The van der Waals surface area contributed by atoms with Crippen molar-refractivity contribution in [3.63, 3.8) is 0 Å². The highest BCUT2D eigenvalue weighted by Gasteiger charge is 2.25. The zero-order chi connectivity index (χ0) is 10.6.